The van der Waals surface area contributed by atoms with E-state index in [0.29, 0.717) is 6.61 Å². The number of hydrogen-bond acceptors (Lipinski definition) is 4. The van der Waals surface area contributed by atoms with E-state index in [1.165, 1.54) is 22.4 Å². The van der Waals surface area contributed by atoms with Gasteiger partial charge in [0.25, 0.3) is 0 Å². The number of hydrogen-bond donors (Lipinski definition) is 2. The Kier molecular flexibility index (Phi) is 7.84. The van der Waals surface area contributed by atoms with E-state index in [1.54, 1.807) is 0 Å². The highest BCUT2D eigenvalue weighted by Crippen LogP contribution is 2.32. The molecule has 0 amide bonds. The Morgan fingerprint density at radius 3 is 2.56 bits per heavy atom. The Bertz CT molecular complexity index is 1400. The lowest BCUT2D eigenvalue weighted by molar-refractivity contribution is 0.283. The van der Waals surface area contributed by atoms with Gasteiger partial charge in [-0.1, -0.05) is 61.2 Å². The van der Waals surface area contributed by atoms with Gasteiger partial charge in [0.15, 0.2) is 0 Å². The first-order valence-electron chi connectivity index (χ1n) is 12.6. The zero-order chi connectivity index (χ0) is 25.7. The molecule has 0 aromatic heterocycles. The zero-order valence-corrected chi connectivity index (χ0v) is 21.9. The number of allylic oxidation sites excluding steroid dienone is 1. The van der Waals surface area contributed by atoms with E-state index >= 15 is 0 Å². The number of anilines is 1. The van der Waals surface area contributed by atoms with Crippen LogP contribution in [0.15, 0.2) is 84.7 Å². The van der Waals surface area contributed by atoms with Gasteiger partial charge in [-0.15, -0.1) is 0 Å². The molecule has 0 bridgehead atoms. The van der Waals surface area contributed by atoms with Gasteiger partial charge in [0.1, 0.15) is 12.4 Å². The van der Waals surface area contributed by atoms with Crippen molar-refractivity contribution >= 4 is 18.0 Å². The van der Waals surface area contributed by atoms with Crippen LogP contribution in [0, 0.1) is 6.92 Å². The van der Waals surface area contributed by atoms with Crippen molar-refractivity contribution in [1.82, 2.24) is 10.2 Å². The minimum Gasteiger partial charge on any atom is -0.491 e. The van der Waals surface area contributed by atoms with Crippen LogP contribution in [0.1, 0.15) is 31.9 Å². The van der Waals surface area contributed by atoms with Gasteiger partial charge in [-0.05, 0) is 73.9 Å². The molecule has 1 aliphatic heterocycles. The standard InChI is InChI=1S/C32H37N3O/c1-7-33-25(6)34-30-20-27(13-12-24(30)5)26-14-15-32-28(19-26)21-35(16-17-36-32)31(18-22(2)3)29-11-9-8-10-23(29)4/h8-15,18-20,33-34H,4,6-7,16-17,21H2,1-3,5H3/b31-29+. The Morgan fingerprint density at radius 2 is 1.81 bits per heavy atom. The number of rotatable bonds is 7. The van der Waals surface area contributed by atoms with E-state index in [4.69, 9.17) is 4.74 Å². The van der Waals surface area contributed by atoms with Crippen molar-refractivity contribution in [2.24, 2.45) is 0 Å². The third-order valence-electron chi connectivity index (χ3n) is 6.35. The maximum atomic E-state index is 6.19. The molecule has 4 heteroatoms. The normalized spacial score (nSPS) is 13.6. The van der Waals surface area contributed by atoms with Crippen LogP contribution in [-0.4, -0.2) is 24.6 Å². The Balaban J connectivity index is 1.72. The van der Waals surface area contributed by atoms with Crippen LogP contribution >= 0.6 is 0 Å². The third-order valence-corrected chi connectivity index (χ3v) is 6.35. The molecule has 0 saturated heterocycles. The fourth-order valence-corrected chi connectivity index (χ4v) is 4.52. The fourth-order valence-electron chi connectivity index (χ4n) is 4.52. The molecule has 0 spiro atoms. The lowest BCUT2D eigenvalue weighted by atomic mass is 9.99. The molecule has 0 aliphatic carbocycles. The maximum absolute atomic E-state index is 6.19. The molecule has 3 aromatic carbocycles. The van der Waals surface area contributed by atoms with Gasteiger partial charge in [-0.2, -0.15) is 0 Å². The summed E-state index contributed by atoms with van der Waals surface area (Å²) in [5, 5.41) is 8.83. The molecule has 0 unspecified atom stereocenters. The lowest BCUT2D eigenvalue weighted by Crippen LogP contribution is -2.34. The summed E-state index contributed by atoms with van der Waals surface area (Å²) < 4.78 is 6.19. The van der Waals surface area contributed by atoms with Crippen LogP contribution in [0.2, 0.25) is 0 Å². The van der Waals surface area contributed by atoms with Crippen molar-refractivity contribution in [3.8, 4) is 16.9 Å². The summed E-state index contributed by atoms with van der Waals surface area (Å²) in [6, 6.07) is 21.4. The van der Waals surface area contributed by atoms with Crippen molar-refractivity contribution < 1.29 is 4.74 Å². The van der Waals surface area contributed by atoms with Crippen LogP contribution in [0.3, 0.4) is 0 Å². The van der Waals surface area contributed by atoms with E-state index in [0.717, 1.165) is 58.5 Å². The van der Waals surface area contributed by atoms with Gasteiger partial charge in [-0.25, -0.2) is 0 Å². The van der Waals surface area contributed by atoms with Gasteiger partial charge < -0.3 is 20.3 Å². The average molecular weight is 480 g/mol. The SMILES string of the molecule is C=C(NCC)Nc1cc(-c2ccc3c(c2)CN(/C(C=C(C)C)=c2\ccccc2=C)CCO3)ccc1C. The maximum Gasteiger partial charge on any atom is 0.124 e. The molecule has 186 valence electrons. The molecule has 36 heavy (non-hydrogen) atoms. The summed E-state index contributed by atoms with van der Waals surface area (Å²) in [5.74, 6) is 1.75. The Hall–Kier alpha value is -3.92. The number of benzene rings is 3. The minimum absolute atomic E-state index is 0.636. The largest absolute Gasteiger partial charge is 0.491 e. The van der Waals surface area contributed by atoms with Crippen LogP contribution in [-0.2, 0) is 6.54 Å². The number of ether oxygens (including phenoxy) is 1. The summed E-state index contributed by atoms with van der Waals surface area (Å²) in [5.41, 5.74) is 8.17. The van der Waals surface area contributed by atoms with E-state index in [2.05, 4.69) is 117 Å². The van der Waals surface area contributed by atoms with Gasteiger partial charge in [-0.3, -0.25) is 0 Å². The highest BCUT2D eigenvalue weighted by molar-refractivity contribution is 5.72. The summed E-state index contributed by atoms with van der Waals surface area (Å²) in [7, 11) is 0. The predicted octanol–water partition coefficient (Wildman–Crippen LogP) is 5.53. The average Bonchev–Trinajstić information content (AvgIpc) is 3.06. The molecule has 3 aromatic rings. The molecule has 1 aliphatic rings. The van der Waals surface area contributed by atoms with E-state index in [9.17, 15) is 0 Å². The number of aryl methyl sites for hydroxylation is 1. The fraction of sp³-hybridized carbons (Fsp3) is 0.250. The van der Waals surface area contributed by atoms with E-state index < -0.39 is 0 Å². The molecule has 2 N–H and O–H groups in total. The van der Waals surface area contributed by atoms with Crippen LogP contribution in [0.5, 0.6) is 5.75 Å². The monoisotopic (exact) mass is 479 g/mol. The molecule has 0 saturated carbocycles. The van der Waals surface area contributed by atoms with Crippen molar-refractivity contribution in [3.05, 3.63) is 106 Å². The highest BCUT2D eigenvalue weighted by Gasteiger charge is 2.18. The second-order valence-electron chi connectivity index (χ2n) is 9.52. The van der Waals surface area contributed by atoms with Gasteiger partial charge in [0, 0.05) is 35.3 Å². The topological polar surface area (TPSA) is 36.5 Å². The smallest absolute Gasteiger partial charge is 0.124 e. The van der Waals surface area contributed by atoms with Crippen molar-refractivity contribution in [1.29, 1.82) is 0 Å². The molecular formula is C32H37N3O. The van der Waals surface area contributed by atoms with E-state index in [-0.39, 0.29) is 0 Å². The van der Waals surface area contributed by atoms with Gasteiger partial charge in [0.05, 0.1) is 12.4 Å². The zero-order valence-electron chi connectivity index (χ0n) is 21.9. The van der Waals surface area contributed by atoms with Crippen molar-refractivity contribution in [3.63, 3.8) is 0 Å². The Morgan fingerprint density at radius 1 is 1.06 bits per heavy atom. The Labute approximate surface area is 215 Å². The second-order valence-corrected chi connectivity index (χ2v) is 9.52. The molecule has 0 radical (unpaired) electrons. The third kappa shape index (κ3) is 5.83. The second kappa shape index (κ2) is 11.2. The molecule has 0 atom stereocenters. The summed E-state index contributed by atoms with van der Waals surface area (Å²) in [6.45, 7) is 19.8. The minimum atomic E-state index is 0.636. The molecule has 4 rings (SSSR count). The number of fused-ring (bicyclic) bond motifs is 1. The van der Waals surface area contributed by atoms with Crippen molar-refractivity contribution in [2.45, 2.75) is 34.2 Å². The number of nitrogens with zero attached hydrogens (tertiary/aromatic N) is 1. The van der Waals surface area contributed by atoms with Crippen molar-refractivity contribution in [2.75, 3.05) is 25.0 Å². The van der Waals surface area contributed by atoms with Gasteiger partial charge in [0.2, 0.25) is 0 Å². The predicted molar refractivity (Wildman–Crippen MR) is 153 cm³/mol. The lowest BCUT2D eigenvalue weighted by Gasteiger charge is -2.24. The first-order chi connectivity index (χ1) is 17.4. The molecule has 0 fully saturated rings. The van der Waals surface area contributed by atoms with Crippen LogP contribution in [0.25, 0.3) is 23.4 Å². The van der Waals surface area contributed by atoms with Crippen LogP contribution < -0.4 is 25.8 Å². The summed E-state index contributed by atoms with van der Waals surface area (Å²) in [4.78, 5) is 2.41. The highest BCUT2D eigenvalue weighted by atomic mass is 16.5. The number of nitrogens with one attached hydrogen (secondary N) is 2. The van der Waals surface area contributed by atoms with E-state index in [1.807, 2.05) is 6.07 Å². The quantitative estimate of drug-likeness (QED) is 0.467. The first kappa shape index (κ1) is 25.2. The van der Waals surface area contributed by atoms with Gasteiger partial charge >= 0.3 is 0 Å². The summed E-state index contributed by atoms with van der Waals surface area (Å²) >= 11 is 0. The summed E-state index contributed by atoms with van der Waals surface area (Å²) in [6.07, 6.45) is 2.26. The molecular weight excluding hydrogens is 442 g/mol. The molecule has 4 nitrogen and oxygen atoms in total. The molecule has 1 heterocycles. The first-order valence-corrected chi connectivity index (χ1v) is 12.6. The van der Waals surface area contributed by atoms with Crippen LogP contribution in [0.4, 0.5) is 5.69 Å².